The van der Waals surface area contributed by atoms with Crippen LogP contribution in [0.1, 0.15) is 11.1 Å². The second-order valence-electron chi connectivity index (χ2n) is 5.44. The molecule has 0 bridgehead atoms. The minimum absolute atomic E-state index is 0.0390. The van der Waals surface area contributed by atoms with Gasteiger partial charge in [0, 0.05) is 6.07 Å². The second kappa shape index (κ2) is 6.94. The number of hydrogen-bond acceptors (Lipinski definition) is 6. The SMILES string of the molecule is Cc1ccc([N+](=O)[O-])c(NC(=O)CSc2nc3ccccc3o2)c1C. The van der Waals surface area contributed by atoms with Gasteiger partial charge in [0.25, 0.3) is 10.9 Å². The lowest BCUT2D eigenvalue weighted by atomic mass is 10.1. The zero-order valence-corrected chi connectivity index (χ0v) is 14.4. The molecule has 25 heavy (non-hydrogen) atoms. The summed E-state index contributed by atoms with van der Waals surface area (Å²) in [5.41, 5.74) is 3.02. The van der Waals surface area contributed by atoms with Crippen molar-refractivity contribution in [2.45, 2.75) is 19.1 Å². The molecule has 0 atom stereocenters. The van der Waals surface area contributed by atoms with Crippen molar-refractivity contribution in [3.05, 3.63) is 57.6 Å². The molecule has 0 saturated heterocycles. The minimum atomic E-state index is -0.504. The first-order valence-electron chi connectivity index (χ1n) is 7.48. The molecule has 1 aromatic heterocycles. The molecule has 7 nitrogen and oxygen atoms in total. The quantitative estimate of drug-likeness (QED) is 0.420. The first kappa shape index (κ1) is 17.0. The van der Waals surface area contributed by atoms with E-state index in [2.05, 4.69) is 10.3 Å². The summed E-state index contributed by atoms with van der Waals surface area (Å²) < 4.78 is 5.54. The van der Waals surface area contributed by atoms with Gasteiger partial charge in [-0.3, -0.25) is 14.9 Å². The molecule has 0 fully saturated rings. The summed E-state index contributed by atoms with van der Waals surface area (Å²) in [5.74, 6) is -0.318. The fourth-order valence-corrected chi connectivity index (χ4v) is 2.97. The summed E-state index contributed by atoms with van der Waals surface area (Å²) in [6.07, 6.45) is 0. The molecule has 1 N–H and O–H groups in total. The highest BCUT2D eigenvalue weighted by Gasteiger charge is 2.19. The smallest absolute Gasteiger partial charge is 0.293 e. The van der Waals surface area contributed by atoms with Crippen molar-refractivity contribution in [2.24, 2.45) is 0 Å². The van der Waals surface area contributed by atoms with E-state index in [-0.39, 0.29) is 23.0 Å². The lowest BCUT2D eigenvalue weighted by Crippen LogP contribution is -2.16. The second-order valence-corrected chi connectivity index (χ2v) is 6.37. The number of amides is 1. The van der Waals surface area contributed by atoms with Gasteiger partial charge in [-0.05, 0) is 37.1 Å². The van der Waals surface area contributed by atoms with Crippen molar-refractivity contribution in [1.82, 2.24) is 4.98 Å². The van der Waals surface area contributed by atoms with Crippen molar-refractivity contribution in [3.63, 3.8) is 0 Å². The maximum Gasteiger partial charge on any atom is 0.293 e. The number of carbonyl (C=O) groups excluding carboxylic acids is 1. The number of carbonyl (C=O) groups is 1. The maximum absolute atomic E-state index is 12.2. The third kappa shape index (κ3) is 3.63. The maximum atomic E-state index is 12.2. The van der Waals surface area contributed by atoms with Crippen LogP contribution in [0, 0.1) is 24.0 Å². The molecular formula is C17H15N3O4S. The summed E-state index contributed by atoms with van der Waals surface area (Å²) >= 11 is 1.14. The Kier molecular flexibility index (Phi) is 4.71. The molecule has 2 aromatic carbocycles. The monoisotopic (exact) mass is 357 g/mol. The molecule has 3 aromatic rings. The van der Waals surface area contributed by atoms with Gasteiger partial charge in [0.15, 0.2) is 5.58 Å². The lowest BCUT2D eigenvalue weighted by molar-refractivity contribution is -0.384. The molecule has 1 amide bonds. The zero-order valence-electron chi connectivity index (χ0n) is 13.6. The number of nitro benzene ring substituents is 1. The van der Waals surface area contributed by atoms with E-state index in [9.17, 15) is 14.9 Å². The highest BCUT2D eigenvalue weighted by atomic mass is 32.2. The summed E-state index contributed by atoms with van der Waals surface area (Å²) in [7, 11) is 0. The third-order valence-corrected chi connectivity index (χ3v) is 4.60. The van der Waals surface area contributed by atoms with E-state index >= 15 is 0 Å². The lowest BCUT2D eigenvalue weighted by Gasteiger charge is -2.10. The van der Waals surface area contributed by atoms with Gasteiger partial charge in [-0.15, -0.1) is 0 Å². The van der Waals surface area contributed by atoms with Crippen LogP contribution in [0.5, 0.6) is 0 Å². The summed E-state index contributed by atoms with van der Waals surface area (Å²) in [4.78, 5) is 27.2. The van der Waals surface area contributed by atoms with Crippen LogP contribution in [0.4, 0.5) is 11.4 Å². The van der Waals surface area contributed by atoms with Gasteiger partial charge in [0.05, 0.1) is 10.7 Å². The Morgan fingerprint density at radius 3 is 2.76 bits per heavy atom. The molecule has 0 aliphatic rings. The van der Waals surface area contributed by atoms with E-state index in [0.29, 0.717) is 16.4 Å². The Balaban J connectivity index is 1.72. The fourth-order valence-electron chi connectivity index (χ4n) is 2.33. The van der Waals surface area contributed by atoms with Crippen LogP contribution in [0.2, 0.25) is 0 Å². The Labute approximate surface area is 147 Å². The van der Waals surface area contributed by atoms with Crippen LogP contribution in [0.15, 0.2) is 46.0 Å². The molecule has 0 aliphatic heterocycles. The molecule has 1 heterocycles. The van der Waals surface area contributed by atoms with E-state index in [4.69, 9.17) is 4.42 Å². The van der Waals surface area contributed by atoms with Gasteiger partial charge in [-0.2, -0.15) is 0 Å². The van der Waals surface area contributed by atoms with Gasteiger partial charge in [0.1, 0.15) is 11.2 Å². The Morgan fingerprint density at radius 2 is 2.04 bits per heavy atom. The molecule has 0 aliphatic carbocycles. The first-order valence-corrected chi connectivity index (χ1v) is 8.47. The molecule has 8 heteroatoms. The number of thioether (sulfide) groups is 1. The van der Waals surface area contributed by atoms with Crippen LogP contribution >= 0.6 is 11.8 Å². The van der Waals surface area contributed by atoms with Crippen LogP contribution < -0.4 is 5.32 Å². The van der Waals surface area contributed by atoms with Gasteiger partial charge in [0.2, 0.25) is 5.91 Å². The summed E-state index contributed by atoms with van der Waals surface area (Å²) in [5, 5.41) is 14.2. The van der Waals surface area contributed by atoms with Crippen molar-refractivity contribution in [3.8, 4) is 0 Å². The van der Waals surface area contributed by atoms with Crippen LogP contribution in [-0.2, 0) is 4.79 Å². The zero-order chi connectivity index (χ0) is 18.0. The topological polar surface area (TPSA) is 98.3 Å². The summed E-state index contributed by atoms with van der Waals surface area (Å²) in [6, 6.07) is 10.4. The molecule has 0 unspecified atom stereocenters. The third-order valence-electron chi connectivity index (χ3n) is 3.78. The molecule has 3 rings (SSSR count). The van der Waals surface area contributed by atoms with E-state index in [0.717, 1.165) is 22.8 Å². The predicted molar refractivity (Wildman–Crippen MR) is 95.9 cm³/mol. The Bertz CT molecular complexity index is 935. The molecule has 0 saturated carbocycles. The van der Waals surface area contributed by atoms with Crippen LogP contribution in [-0.4, -0.2) is 21.6 Å². The number of rotatable bonds is 5. The van der Waals surface area contributed by atoms with E-state index < -0.39 is 4.92 Å². The number of hydrogen-bond donors (Lipinski definition) is 1. The number of anilines is 1. The van der Waals surface area contributed by atoms with Crippen molar-refractivity contribution in [2.75, 3.05) is 11.1 Å². The van der Waals surface area contributed by atoms with Crippen LogP contribution in [0.25, 0.3) is 11.1 Å². The van der Waals surface area contributed by atoms with Gasteiger partial charge in [-0.25, -0.2) is 4.98 Å². The molecule has 0 radical (unpaired) electrons. The highest BCUT2D eigenvalue weighted by molar-refractivity contribution is 7.99. The number of nitro groups is 1. The Hall–Kier alpha value is -2.87. The standard InChI is InChI=1S/C17H15N3O4S/c1-10-7-8-13(20(22)23)16(11(10)2)19-15(21)9-25-17-18-12-5-3-4-6-14(12)24-17/h3-8H,9H2,1-2H3,(H,19,21). The number of oxazole rings is 1. The number of aryl methyl sites for hydroxylation is 1. The fraction of sp³-hybridized carbons (Fsp3) is 0.176. The minimum Gasteiger partial charge on any atom is -0.431 e. The van der Waals surface area contributed by atoms with Crippen molar-refractivity contribution in [1.29, 1.82) is 0 Å². The molecular weight excluding hydrogens is 342 g/mol. The number of nitrogens with zero attached hydrogens (tertiary/aromatic N) is 2. The summed E-state index contributed by atoms with van der Waals surface area (Å²) in [6.45, 7) is 3.58. The van der Waals surface area contributed by atoms with E-state index in [1.807, 2.05) is 25.1 Å². The van der Waals surface area contributed by atoms with Gasteiger partial charge < -0.3 is 9.73 Å². The van der Waals surface area contributed by atoms with Crippen LogP contribution in [0.3, 0.4) is 0 Å². The molecule has 128 valence electrons. The Morgan fingerprint density at radius 1 is 1.28 bits per heavy atom. The number of nitrogens with one attached hydrogen (secondary N) is 1. The highest BCUT2D eigenvalue weighted by Crippen LogP contribution is 2.30. The molecule has 0 spiro atoms. The normalized spacial score (nSPS) is 10.8. The predicted octanol–water partition coefficient (Wildman–Crippen LogP) is 4.08. The van der Waals surface area contributed by atoms with E-state index in [1.54, 1.807) is 19.1 Å². The largest absolute Gasteiger partial charge is 0.431 e. The van der Waals surface area contributed by atoms with E-state index in [1.165, 1.54) is 6.07 Å². The number of fused-ring (bicyclic) bond motifs is 1. The van der Waals surface area contributed by atoms with Crippen molar-refractivity contribution >= 4 is 40.1 Å². The average Bonchev–Trinajstić information content (AvgIpc) is 3.00. The number of aromatic nitrogens is 1. The number of benzene rings is 2. The van der Waals surface area contributed by atoms with Crippen molar-refractivity contribution < 1.29 is 14.1 Å². The van der Waals surface area contributed by atoms with Gasteiger partial charge in [-0.1, -0.05) is 30.0 Å². The number of para-hydroxylation sites is 2. The van der Waals surface area contributed by atoms with Gasteiger partial charge >= 0.3 is 0 Å². The first-order chi connectivity index (χ1) is 12.0. The average molecular weight is 357 g/mol.